The number of rotatable bonds is 7. The second-order valence-electron chi connectivity index (χ2n) is 7.91. The Labute approximate surface area is 177 Å². The van der Waals surface area contributed by atoms with E-state index >= 15 is 0 Å². The Kier molecular flexibility index (Phi) is 6.87. The number of amides is 1. The molecular formula is C22H31N5OS. The Morgan fingerprint density at radius 3 is 2.97 bits per heavy atom. The van der Waals surface area contributed by atoms with Crippen LogP contribution in [-0.4, -0.2) is 62.8 Å². The number of carbonyl (C=O) groups excluding carboxylic acids is 1. The third-order valence-electron chi connectivity index (χ3n) is 5.85. The molecule has 0 radical (unpaired) electrons. The number of pyridine rings is 1. The van der Waals surface area contributed by atoms with Crippen molar-refractivity contribution < 1.29 is 4.79 Å². The standard InChI is InChI=1S/C22H31N5OS/c1-2-10-27-20-6-5-18(24-9-7-17-4-3-8-23-16-17)15-19(20)21(25-27)22(28)26-11-13-29-14-12-26/h3-4,8,16,18,24H,2,5-7,9-15H2,1H3/t18-/m1/s1. The summed E-state index contributed by atoms with van der Waals surface area (Å²) in [6.07, 6.45) is 8.75. The minimum Gasteiger partial charge on any atom is -0.336 e. The summed E-state index contributed by atoms with van der Waals surface area (Å²) in [5.74, 6) is 2.19. The molecule has 1 amide bonds. The molecule has 1 fully saturated rings. The summed E-state index contributed by atoms with van der Waals surface area (Å²) < 4.78 is 2.10. The van der Waals surface area contributed by atoms with Crippen molar-refractivity contribution in [2.24, 2.45) is 0 Å². The van der Waals surface area contributed by atoms with Crippen molar-refractivity contribution in [2.75, 3.05) is 31.1 Å². The number of carbonyl (C=O) groups is 1. The average molecular weight is 414 g/mol. The van der Waals surface area contributed by atoms with Crippen molar-refractivity contribution in [3.05, 3.63) is 47.0 Å². The third kappa shape index (κ3) is 4.83. The van der Waals surface area contributed by atoms with Gasteiger partial charge in [0.15, 0.2) is 5.69 Å². The van der Waals surface area contributed by atoms with Gasteiger partial charge in [-0.3, -0.25) is 14.5 Å². The smallest absolute Gasteiger partial charge is 0.274 e. The number of hydrogen-bond acceptors (Lipinski definition) is 5. The molecular weight excluding hydrogens is 382 g/mol. The van der Waals surface area contributed by atoms with E-state index in [0.29, 0.717) is 11.7 Å². The van der Waals surface area contributed by atoms with E-state index in [1.165, 1.54) is 16.8 Å². The first kappa shape index (κ1) is 20.4. The summed E-state index contributed by atoms with van der Waals surface area (Å²) in [4.78, 5) is 19.4. The van der Waals surface area contributed by atoms with E-state index in [9.17, 15) is 4.79 Å². The molecule has 2 aliphatic rings. The molecule has 0 saturated carbocycles. The summed E-state index contributed by atoms with van der Waals surface area (Å²) >= 11 is 1.93. The molecule has 3 heterocycles. The van der Waals surface area contributed by atoms with E-state index in [2.05, 4.69) is 28.0 Å². The number of thioether (sulfide) groups is 1. The normalized spacial score (nSPS) is 19.2. The number of aryl methyl sites for hydroxylation is 1. The van der Waals surface area contributed by atoms with Crippen molar-refractivity contribution >= 4 is 17.7 Å². The predicted molar refractivity (Wildman–Crippen MR) is 118 cm³/mol. The van der Waals surface area contributed by atoms with E-state index in [-0.39, 0.29) is 5.91 Å². The summed E-state index contributed by atoms with van der Waals surface area (Å²) in [7, 11) is 0. The van der Waals surface area contributed by atoms with Crippen LogP contribution in [0.15, 0.2) is 24.5 Å². The zero-order chi connectivity index (χ0) is 20.1. The lowest BCUT2D eigenvalue weighted by Gasteiger charge is -2.27. The van der Waals surface area contributed by atoms with Gasteiger partial charge in [-0.15, -0.1) is 0 Å². The molecule has 6 nitrogen and oxygen atoms in total. The lowest BCUT2D eigenvalue weighted by Crippen LogP contribution is -2.40. The highest BCUT2D eigenvalue weighted by Crippen LogP contribution is 2.27. The molecule has 0 spiro atoms. The zero-order valence-electron chi connectivity index (χ0n) is 17.3. The van der Waals surface area contributed by atoms with Gasteiger partial charge in [0.2, 0.25) is 0 Å². The van der Waals surface area contributed by atoms with Crippen LogP contribution in [0.25, 0.3) is 0 Å². The predicted octanol–water partition coefficient (Wildman–Crippen LogP) is 2.57. The molecule has 2 aromatic heterocycles. The Bertz CT molecular complexity index is 816. The number of nitrogens with zero attached hydrogens (tertiary/aromatic N) is 4. The van der Waals surface area contributed by atoms with Crippen LogP contribution in [0.5, 0.6) is 0 Å². The van der Waals surface area contributed by atoms with Gasteiger partial charge in [0.1, 0.15) is 0 Å². The fourth-order valence-corrected chi connectivity index (χ4v) is 5.22. The van der Waals surface area contributed by atoms with Gasteiger partial charge in [0.25, 0.3) is 5.91 Å². The van der Waals surface area contributed by atoms with Gasteiger partial charge in [-0.05, 0) is 50.3 Å². The Balaban J connectivity index is 1.45. The maximum absolute atomic E-state index is 13.2. The van der Waals surface area contributed by atoms with Gasteiger partial charge in [0.05, 0.1) is 0 Å². The van der Waals surface area contributed by atoms with Crippen LogP contribution in [0.4, 0.5) is 0 Å². The van der Waals surface area contributed by atoms with Crippen molar-refractivity contribution in [3.8, 4) is 0 Å². The number of aromatic nitrogens is 3. The summed E-state index contributed by atoms with van der Waals surface area (Å²) in [6, 6.07) is 4.51. The first-order chi connectivity index (χ1) is 14.3. The Morgan fingerprint density at radius 1 is 1.34 bits per heavy atom. The summed E-state index contributed by atoms with van der Waals surface area (Å²) in [6.45, 7) is 5.67. The molecule has 29 heavy (non-hydrogen) atoms. The molecule has 1 atom stereocenters. The summed E-state index contributed by atoms with van der Waals surface area (Å²) in [5.41, 5.74) is 4.43. The molecule has 4 rings (SSSR count). The largest absolute Gasteiger partial charge is 0.336 e. The van der Waals surface area contributed by atoms with Gasteiger partial charge in [0, 0.05) is 60.8 Å². The van der Waals surface area contributed by atoms with Crippen LogP contribution in [0.2, 0.25) is 0 Å². The fourth-order valence-electron chi connectivity index (χ4n) is 4.31. The molecule has 0 unspecified atom stereocenters. The maximum Gasteiger partial charge on any atom is 0.274 e. The minimum atomic E-state index is 0.132. The highest BCUT2D eigenvalue weighted by molar-refractivity contribution is 7.99. The molecule has 2 aromatic rings. The highest BCUT2D eigenvalue weighted by atomic mass is 32.2. The number of fused-ring (bicyclic) bond motifs is 1. The third-order valence-corrected chi connectivity index (χ3v) is 6.79. The highest BCUT2D eigenvalue weighted by Gasteiger charge is 2.31. The average Bonchev–Trinajstić information content (AvgIpc) is 3.13. The lowest BCUT2D eigenvalue weighted by molar-refractivity contribution is 0.0764. The van der Waals surface area contributed by atoms with Crippen molar-refractivity contribution in [1.29, 1.82) is 0 Å². The summed E-state index contributed by atoms with van der Waals surface area (Å²) in [5, 5.41) is 8.51. The molecule has 1 saturated heterocycles. The van der Waals surface area contributed by atoms with E-state index in [0.717, 1.165) is 69.8 Å². The molecule has 1 aliphatic carbocycles. The molecule has 1 aliphatic heterocycles. The second-order valence-corrected chi connectivity index (χ2v) is 9.13. The van der Waals surface area contributed by atoms with Crippen molar-refractivity contribution in [3.63, 3.8) is 0 Å². The topological polar surface area (TPSA) is 63.1 Å². The van der Waals surface area contributed by atoms with Crippen molar-refractivity contribution in [1.82, 2.24) is 25.0 Å². The zero-order valence-corrected chi connectivity index (χ0v) is 18.1. The lowest BCUT2D eigenvalue weighted by atomic mass is 9.91. The van der Waals surface area contributed by atoms with E-state index in [1.807, 2.05) is 35.1 Å². The van der Waals surface area contributed by atoms with Crippen LogP contribution in [0.1, 0.15) is 47.1 Å². The van der Waals surface area contributed by atoms with Crippen LogP contribution in [0.3, 0.4) is 0 Å². The number of hydrogen-bond donors (Lipinski definition) is 1. The fraction of sp³-hybridized carbons (Fsp3) is 0.591. The second kappa shape index (κ2) is 9.76. The van der Waals surface area contributed by atoms with Crippen molar-refractivity contribution in [2.45, 2.75) is 51.6 Å². The van der Waals surface area contributed by atoms with Gasteiger partial charge in [-0.2, -0.15) is 16.9 Å². The quantitative estimate of drug-likeness (QED) is 0.756. The van der Waals surface area contributed by atoms with Gasteiger partial charge in [-0.25, -0.2) is 0 Å². The van der Waals surface area contributed by atoms with Gasteiger partial charge >= 0.3 is 0 Å². The van der Waals surface area contributed by atoms with Crippen LogP contribution in [-0.2, 0) is 25.8 Å². The van der Waals surface area contributed by atoms with Crippen LogP contribution >= 0.6 is 11.8 Å². The van der Waals surface area contributed by atoms with E-state index in [1.54, 1.807) is 0 Å². The van der Waals surface area contributed by atoms with E-state index in [4.69, 9.17) is 5.10 Å². The molecule has 0 bridgehead atoms. The molecule has 0 aromatic carbocycles. The molecule has 1 N–H and O–H groups in total. The van der Waals surface area contributed by atoms with Crippen LogP contribution < -0.4 is 5.32 Å². The Hall–Kier alpha value is -1.86. The van der Waals surface area contributed by atoms with E-state index < -0.39 is 0 Å². The first-order valence-corrected chi connectivity index (χ1v) is 12.0. The number of nitrogens with one attached hydrogen (secondary N) is 1. The maximum atomic E-state index is 13.2. The minimum absolute atomic E-state index is 0.132. The Morgan fingerprint density at radius 2 is 2.21 bits per heavy atom. The molecule has 156 valence electrons. The molecule has 7 heteroatoms. The van der Waals surface area contributed by atoms with Crippen LogP contribution in [0, 0.1) is 0 Å². The first-order valence-electron chi connectivity index (χ1n) is 10.8. The SMILES string of the molecule is CCCn1nc(C(=O)N2CCSCC2)c2c1CC[C@@H](NCCc1cccnc1)C2. The van der Waals surface area contributed by atoms with Gasteiger partial charge < -0.3 is 10.2 Å². The van der Waals surface area contributed by atoms with Gasteiger partial charge in [-0.1, -0.05) is 13.0 Å². The monoisotopic (exact) mass is 413 g/mol.